The fraction of sp³-hybridized carbons (Fsp3) is 0.667. The summed E-state index contributed by atoms with van der Waals surface area (Å²) in [6.07, 6.45) is 4.18. The van der Waals surface area contributed by atoms with Crippen LogP contribution in [-0.2, 0) is 9.31 Å². The van der Waals surface area contributed by atoms with Gasteiger partial charge in [0.15, 0.2) is 0 Å². The number of hydrogen-bond acceptors (Lipinski definition) is 4. The van der Waals surface area contributed by atoms with Crippen LogP contribution in [0.4, 0.5) is 0 Å². The quantitative estimate of drug-likeness (QED) is 0.793. The fourth-order valence-corrected chi connectivity index (χ4v) is 2.53. The average molecular weight is 275 g/mol. The van der Waals surface area contributed by atoms with Gasteiger partial charge in [0.05, 0.1) is 18.3 Å². The minimum absolute atomic E-state index is 0.348. The molecule has 0 N–H and O–H groups in total. The Labute approximate surface area is 121 Å². The highest BCUT2D eigenvalue weighted by atomic mass is 16.7. The van der Waals surface area contributed by atoms with Gasteiger partial charge >= 0.3 is 7.12 Å². The maximum atomic E-state index is 6.17. The largest absolute Gasteiger partial charge is 0.500 e. The van der Waals surface area contributed by atoms with Crippen molar-refractivity contribution in [3.8, 4) is 5.75 Å². The molecule has 108 valence electrons. The van der Waals surface area contributed by atoms with Crippen molar-refractivity contribution in [2.75, 3.05) is 7.11 Å². The number of methoxy groups -OCH3 is 1. The lowest BCUT2D eigenvalue weighted by atomic mass is 9.76. The third kappa shape index (κ3) is 2.13. The topological polar surface area (TPSA) is 40.6 Å². The van der Waals surface area contributed by atoms with E-state index in [0.717, 1.165) is 16.9 Å². The second kappa shape index (κ2) is 4.47. The molecule has 0 radical (unpaired) electrons. The van der Waals surface area contributed by atoms with Gasteiger partial charge in [-0.1, -0.05) is 0 Å². The summed E-state index contributed by atoms with van der Waals surface area (Å²) in [5, 5.41) is 0. The van der Waals surface area contributed by atoms with Crippen molar-refractivity contribution in [2.45, 2.75) is 57.7 Å². The van der Waals surface area contributed by atoms with E-state index in [0.29, 0.717) is 5.92 Å². The molecule has 0 bridgehead atoms. The highest BCUT2D eigenvalue weighted by molar-refractivity contribution is 6.63. The smallest absolute Gasteiger partial charge is 0.497 e. The van der Waals surface area contributed by atoms with Crippen LogP contribution in [0.15, 0.2) is 12.3 Å². The maximum absolute atomic E-state index is 6.17. The molecule has 20 heavy (non-hydrogen) atoms. The predicted molar refractivity (Wildman–Crippen MR) is 78.5 cm³/mol. The number of nitrogens with zero attached hydrogens (tertiary/aromatic N) is 1. The molecule has 3 rings (SSSR count). The lowest BCUT2D eigenvalue weighted by Crippen LogP contribution is -2.41. The summed E-state index contributed by atoms with van der Waals surface area (Å²) in [5.41, 5.74) is 1.34. The molecule has 1 aromatic heterocycles. The zero-order chi connectivity index (χ0) is 14.5. The Morgan fingerprint density at radius 3 is 2.30 bits per heavy atom. The monoisotopic (exact) mass is 275 g/mol. The first-order valence-corrected chi connectivity index (χ1v) is 7.24. The molecule has 0 amide bonds. The van der Waals surface area contributed by atoms with Crippen molar-refractivity contribution in [2.24, 2.45) is 0 Å². The Bertz CT molecular complexity index is 510. The molecule has 5 heteroatoms. The van der Waals surface area contributed by atoms with Crippen LogP contribution in [0.1, 0.15) is 52.1 Å². The number of hydrogen-bond donors (Lipinski definition) is 0. The minimum Gasteiger partial charge on any atom is -0.497 e. The third-order valence-corrected chi connectivity index (χ3v) is 4.65. The van der Waals surface area contributed by atoms with Crippen molar-refractivity contribution in [3.05, 3.63) is 18.0 Å². The molecule has 1 aromatic rings. The van der Waals surface area contributed by atoms with E-state index in [1.165, 1.54) is 12.8 Å². The van der Waals surface area contributed by atoms with Gasteiger partial charge in [-0.2, -0.15) is 0 Å². The molecule has 2 heterocycles. The molecule has 2 aliphatic rings. The molecule has 1 saturated carbocycles. The summed E-state index contributed by atoms with van der Waals surface area (Å²) in [4.78, 5) is 4.55. The summed E-state index contributed by atoms with van der Waals surface area (Å²) in [6.45, 7) is 8.25. The minimum atomic E-state index is -0.403. The van der Waals surface area contributed by atoms with Crippen LogP contribution in [0, 0.1) is 0 Å². The average Bonchev–Trinajstić information content (AvgIpc) is 3.17. The van der Waals surface area contributed by atoms with E-state index in [4.69, 9.17) is 14.0 Å². The Hall–Kier alpha value is -1.07. The van der Waals surface area contributed by atoms with E-state index >= 15 is 0 Å². The van der Waals surface area contributed by atoms with Crippen LogP contribution in [0.3, 0.4) is 0 Å². The molecule has 1 aliphatic carbocycles. The Balaban J connectivity index is 2.02. The number of aromatic nitrogens is 1. The van der Waals surface area contributed by atoms with Gasteiger partial charge in [-0.05, 0) is 46.6 Å². The van der Waals surface area contributed by atoms with Gasteiger partial charge in [-0.25, -0.2) is 0 Å². The zero-order valence-electron chi connectivity index (χ0n) is 12.9. The molecule has 4 nitrogen and oxygen atoms in total. The third-order valence-electron chi connectivity index (χ3n) is 4.65. The van der Waals surface area contributed by atoms with Gasteiger partial charge in [-0.15, -0.1) is 0 Å². The second-order valence-electron chi connectivity index (χ2n) is 6.67. The Morgan fingerprint density at radius 1 is 1.20 bits per heavy atom. The fourth-order valence-electron chi connectivity index (χ4n) is 2.53. The number of ether oxygens (including phenoxy) is 1. The van der Waals surface area contributed by atoms with Gasteiger partial charge in [0.25, 0.3) is 0 Å². The van der Waals surface area contributed by atoms with Gasteiger partial charge in [0, 0.05) is 23.3 Å². The molecular formula is C15H22BNO3. The normalized spacial score (nSPS) is 23.9. The highest BCUT2D eigenvalue weighted by Gasteiger charge is 2.53. The van der Waals surface area contributed by atoms with Gasteiger partial charge in [0.1, 0.15) is 5.75 Å². The van der Waals surface area contributed by atoms with E-state index in [-0.39, 0.29) is 11.2 Å². The first kappa shape index (κ1) is 13.9. The van der Waals surface area contributed by atoms with Crippen LogP contribution < -0.4 is 10.2 Å². The van der Waals surface area contributed by atoms with Gasteiger partial charge in [0.2, 0.25) is 0 Å². The summed E-state index contributed by atoms with van der Waals surface area (Å²) < 4.78 is 17.9. The van der Waals surface area contributed by atoms with Crippen LogP contribution in [0.25, 0.3) is 0 Å². The van der Waals surface area contributed by atoms with Crippen molar-refractivity contribution in [1.29, 1.82) is 0 Å². The SMILES string of the molecule is COc1ccnc(C2CC2)c1B1OC(C)(C)C(C)(C)O1. The summed E-state index contributed by atoms with van der Waals surface area (Å²) in [5.74, 6) is 1.33. The van der Waals surface area contributed by atoms with Gasteiger partial charge < -0.3 is 14.0 Å². The molecule has 0 unspecified atom stereocenters. The lowest BCUT2D eigenvalue weighted by molar-refractivity contribution is 0.00578. The van der Waals surface area contributed by atoms with Crippen molar-refractivity contribution >= 4 is 12.6 Å². The molecule has 1 aliphatic heterocycles. The standard InChI is InChI=1S/C15H22BNO3/c1-14(2)15(3,4)20-16(19-14)12-11(18-5)8-9-17-13(12)10-6-7-10/h8-10H,6-7H2,1-5H3. The van der Waals surface area contributed by atoms with Crippen LogP contribution in [0.2, 0.25) is 0 Å². The molecule has 0 atom stereocenters. The Morgan fingerprint density at radius 2 is 1.80 bits per heavy atom. The molecule has 0 spiro atoms. The predicted octanol–water partition coefficient (Wildman–Crippen LogP) is 2.27. The Kier molecular flexibility index (Phi) is 3.10. The van der Waals surface area contributed by atoms with E-state index < -0.39 is 7.12 Å². The molecule has 0 aromatic carbocycles. The molecule has 2 fully saturated rings. The van der Waals surface area contributed by atoms with Crippen LogP contribution in [-0.4, -0.2) is 30.4 Å². The number of pyridine rings is 1. The molecule has 1 saturated heterocycles. The highest BCUT2D eigenvalue weighted by Crippen LogP contribution is 2.42. The second-order valence-corrected chi connectivity index (χ2v) is 6.67. The lowest BCUT2D eigenvalue weighted by Gasteiger charge is -2.32. The van der Waals surface area contributed by atoms with E-state index in [1.54, 1.807) is 13.3 Å². The van der Waals surface area contributed by atoms with Gasteiger partial charge in [-0.3, -0.25) is 4.98 Å². The summed E-state index contributed by atoms with van der Waals surface area (Å²) >= 11 is 0. The summed E-state index contributed by atoms with van der Waals surface area (Å²) in [6, 6.07) is 1.88. The zero-order valence-corrected chi connectivity index (χ0v) is 12.9. The first-order chi connectivity index (χ1) is 9.36. The van der Waals surface area contributed by atoms with Crippen LogP contribution in [0.5, 0.6) is 5.75 Å². The molecular weight excluding hydrogens is 253 g/mol. The van der Waals surface area contributed by atoms with E-state index in [2.05, 4.69) is 32.7 Å². The van der Waals surface area contributed by atoms with Crippen molar-refractivity contribution in [3.63, 3.8) is 0 Å². The maximum Gasteiger partial charge on any atom is 0.500 e. The van der Waals surface area contributed by atoms with E-state index in [9.17, 15) is 0 Å². The van der Waals surface area contributed by atoms with Crippen LogP contribution >= 0.6 is 0 Å². The first-order valence-electron chi connectivity index (χ1n) is 7.24. The van der Waals surface area contributed by atoms with E-state index in [1.807, 2.05) is 6.07 Å². The number of rotatable bonds is 3. The summed E-state index contributed by atoms with van der Waals surface area (Å²) in [7, 11) is 1.28. The van der Waals surface area contributed by atoms with Crippen molar-refractivity contribution < 1.29 is 14.0 Å². The van der Waals surface area contributed by atoms with Crippen molar-refractivity contribution in [1.82, 2.24) is 4.98 Å².